The van der Waals surface area contributed by atoms with Gasteiger partial charge in [-0.15, -0.1) is 0 Å². The van der Waals surface area contributed by atoms with Crippen LogP contribution in [0.5, 0.6) is 0 Å². The Hall–Kier alpha value is -3.94. The number of carbonyl (C=O) groups excluding carboxylic acids is 2. The van der Waals surface area contributed by atoms with Crippen LogP contribution in [0.3, 0.4) is 0 Å². The molecule has 3 aromatic rings. The minimum atomic E-state index is -4.66. The lowest BCUT2D eigenvalue weighted by Gasteiger charge is -2.27. The van der Waals surface area contributed by atoms with Crippen molar-refractivity contribution in [2.24, 2.45) is 0 Å². The van der Waals surface area contributed by atoms with Crippen LogP contribution >= 0.6 is 0 Å². The summed E-state index contributed by atoms with van der Waals surface area (Å²) < 4.78 is 53.5. The maximum absolute atomic E-state index is 13.6. The molecule has 1 atom stereocenters. The van der Waals surface area contributed by atoms with Gasteiger partial charge in [0.15, 0.2) is 11.5 Å². The molecule has 0 fully saturated rings. The fourth-order valence-electron chi connectivity index (χ4n) is 3.99. The lowest BCUT2D eigenvalue weighted by Crippen LogP contribution is -2.31. The highest BCUT2D eigenvalue weighted by Crippen LogP contribution is 2.42. The number of aryl methyl sites for hydroxylation is 1. The summed E-state index contributed by atoms with van der Waals surface area (Å²) >= 11 is 0. The van der Waals surface area contributed by atoms with E-state index in [0.29, 0.717) is 6.42 Å². The Morgan fingerprint density at radius 2 is 1.62 bits per heavy atom. The van der Waals surface area contributed by atoms with E-state index < -0.39 is 41.0 Å². The first-order chi connectivity index (χ1) is 16.2. The summed E-state index contributed by atoms with van der Waals surface area (Å²) in [6, 6.07) is 16.8. The van der Waals surface area contributed by atoms with E-state index in [1.165, 1.54) is 18.2 Å². The number of hydrogen-bond donors (Lipinski definition) is 1. The fourth-order valence-corrected chi connectivity index (χ4v) is 3.99. The average Bonchev–Trinajstić information content (AvgIpc) is 3.09. The smallest absolute Gasteiger partial charge is 0.416 e. The first kappa shape index (κ1) is 23.2. The number of benzene rings is 3. The van der Waals surface area contributed by atoms with Gasteiger partial charge >= 0.3 is 6.18 Å². The number of aliphatic hydroxyl groups excluding tert-OH is 1. The Morgan fingerprint density at radius 3 is 2.26 bits per heavy atom. The molecule has 4 nitrogen and oxygen atoms in total. The summed E-state index contributed by atoms with van der Waals surface area (Å²) in [5.74, 6) is -2.93. The molecule has 1 N–H and O–H groups in total. The normalized spacial score (nSPS) is 16.3. The molecule has 1 heterocycles. The number of Topliss-reactive ketones (excluding diaryl/α,β-unsaturated/α-hetero) is 1. The highest BCUT2D eigenvalue weighted by molar-refractivity contribution is 6.16. The lowest BCUT2D eigenvalue weighted by molar-refractivity contribution is -0.137. The van der Waals surface area contributed by atoms with E-state index in [1.54, 1.807) is 0 Å². The van der Waals surface area contributed by atoms with Crippen LogP contribution in [0.25, 0.3) is 0 Å². The predicted octanol–water partition coefficient (Wildman–Crippen LogP) is 5.95. The Morgan fingerprint density at radius 1 is 0.941 bits per heavy atom. The lowest BCUT2D eigenvalue weighted by atomic mass is 9.93. The molecular formula is C26H19F4NO3. The van der Waals surface area contributed by atoms with Gasteiger partial charge in [-0.1, -0.05) is 48.5 Å². The average molecular weight is 469 g/mol. The van der Waals surface area contributed by atoms with Crippen molar-refractivity contribution in [3.63, 3.8) is 0 Å². The summed E-state index contributed by atoms with van der Waals surface area (Å²) in [7, 11) is 0. The molecule has 3 aromatic carbocycles. The zero-order valence-corrected chi connectivity index (χ0v) is 17.7. The zero-order valence-electron chi connectivity index (χ0n) is 17.7. The van der Waals surface area contributed by atoms with Gasteiger partial charge in [-0.3, -0.25) is 14.5 Å². The van der Waals surface area contributed by atoms with Crippen LogP contribution in [0.15, 0.2) is 90.2 Å². The highest BCUT2D eigenvalue weighted by Gasteiger charge is 2.44. The summed E-state index contributed by atoms with van der Waals surface area (Å²) in [5.41, 5.74) is -0.219. The van der Waals surface area contributed by atoms with E-state index in [4.69, 9.17) is 0 Å². The maximum atomic E-state index is 13.6. The number of amides is 1. The van der Waals surface area contributed by atoms with Gasteiger partial charge in [0, 0.05) is 12.1 Å². The van der Waals surface area contributed by atoms with Crippen LogP contribution in [0.1, 0.15) is 29.2 Å². The van der Waals surface area contributed by atoms with Crippen LogP contribution < -0.4 is 4.90 Å². The van der Waals surface area contributed by atoms with Crippen molar-refractivity contribution in [2.75, 3.05) is 4.90 Å². The molecule has 174 valence electrons. The topological polar surface area (TPSA) is 57.6 Å². The van der Waals surface area contributed by atoms with Gasteiger partial charge in [-0.05, 0) is 47.9 Å². The molecular weight excluding hydrogens is 450 g/mol. The van der Waals surface area contributed by atoms with Crippen molar-refractivity contribution in [3.05, 3.63) is 113 Å². The molecule has 0 saturated carbocycles. The number of aliphatic hydroxyl groups is 1. The molecule has 1 aliphatic rings. The Labute approximate surface area is 192 Å². The van der Waals surface area contributed by atoms with Gasteiger partial charge in [0.2, 0.25) is 0 Å². The van der Waals surface area contributed by atoms with Crippen LogP contribution in [0.2, 0.25) is 0 Å². The van der Waals surface area contributed by atoms with Crippen molar-refractivity contribution < 1.29 is 32.3 Å². The summed E-state index contributed by atoms with van der Waals surface area (Å²) in [4.78, 5) is 27.1. The van der Waals surface area contributed by atoms with Crippen LogP contribution in [0, 0.1) is 5.82 Å². The molecule has 8 heteroatoms. The van der Waals surface area contributed by atoms with Gasteiger partial charge in [0.1, 0.15) is 5.82 Å². The molecule has 0 bridgehead atoms. The number of anilines is 1. The summed E-state index contributed by atoms with van der Waals surface area (Å²) in [6.07, 6.45) is -4.36. The van der Waals surface area contributed by atoms with Crippen molar-refractivity contribution >= 4 is 17.4 Å². The largest absolute Gasteiger partial charge is 0.503 e. The Balaban J connectivity index is 1.75. The van der Waals surface area contributed by atoms with Crippen molar-refractivity contribution in [1.29, 1.82) is 0 Å². The SMILES string of the molecule is O=C(CCc1ccccc1)C1=C(O)C(=O)N(c2cccc(C(F)(F)F)c2)C1c1ccc(F)cc1. The summed E-state index contributed by atoms with van der Waals surface area (Å²) in [5, 5.41) is 10.6. The van der Waals surface area contributed by atoms with E-state index in [-0.39, 0.29) is 23.2 Å². The molecule has 4 rings (SSSR count). The second-order valence-corrected chi connectivity index (χ2v) is 7.85. The van der Waals surface area contributed by atoms with E-state index in [0.717, 1.165) is 40.8 Å². The van der Waals surface area contributed by atoms with Gasteiger partial charge in [-0.2, -0.15) is 13.2 Å². The van der Waals surface area contributed by atoms with E-state index in [1.807, 2.05) is 30.3 Å². The van der Waals surface area contributed by atoms with Crippen molar-refractivity contribution in [1.82, 2.24) is 0 Å². The zero-order chi connectivity index (χ0) is 24.5. The van der Waals surface area contributed by atoms with Crippen LogP contribution in [0.4, 0.5) is 23.2 Å². The predicted molar refractivity (Wildman–Crippen MR) is 117 cm³/mol. The molecule has 0 radical (unpaired) electrons. The first-order valence-electron chi connectivity index (χ1n) is 10.4. The monoisotopic (exact) mass is 469 g/mol. The van der Waals surface area contributed by atoms with E-state index in [9.17, 15) is 32.3 Å². The first-order valence-corrected chi connectivity index (χ1v) is 10.4. The molecule has 0 aromatic heterocycles. The fraction of sp³-hybridized carbons (Fsp3) is 0.154. The van der Waals surface area contributed by atoms with Crippen LogP contribution in [-0.4, -0.2) is 16.8 Å². The third kappa shape index (κ3) is 4.57. The molecule has 34 heavy (non-hydrogen) atoms. The quantitative estimate of drug-likeness (QED) is 0.454. The summed E-state index contributed by atoms with van der Waals surface area (Å²) in [6.45, 7) is 0. The molecule has 0 aliphatic carbocycles. The van der Waals surface area contributed by atoms with Crippen LogP contribution in [-0.2, 0) is 22.2 Å². The maximum Gasteiger partial charge on any atom is 0.416 e. The molecule has 0 spiro atoms. The second kappa shape index (κ2) is 9.13. The number of nitrogens with zero attached hydrogens (tertiary/aromatic N) is 1. The number of hydrogen-bond acceptors (Lipinski definition) is 3. The van der Waals surface area contributed by atoms with Gasteiger partial charge in [0.25, 0.3) is 5.91 Å². The van der Waals surface area contributed by atoms with Gasteiger partial charge < -0.3 is 5.11 Å². The Bertz CT molecular complexity index is 1250. The van der Waals surface area contributed by atoms with Crippen molar-refractivity contribution in [3.8, 4) is 0 Å². The number of carbonyl (C=O) groups is 2. The van der Waals surface area contributed by atoms with Gasteiger partial charge in [-0.25, -0.2) is 4.39 Å². The minimum absolute atomic E-state index is 0.0369. The number of alkyl halides is 3. The van der Waals surface area contributed by atoms with E-state index in [2.05, 4.69) is 0 Å². The second-order valence-electron chi connectivity index (χ2n) is 7.85. The molecule has 1 aliphatic heterocycles. The highest BCUT2D eigenvalue weighted by atomic mass is 19.4. The minimum Gasteiger partial charge on any atom is -0.503 e. The molecule has 1 unspecified atom stereocenters. The van der Waals surface area contributed by atoms with Crippen molar-refractivity contribution in [2.45, 2.75) is 25.1 Å². The molecule has 1 amide bonds. The number of halogens is 4. The third-order valence-electron chi connectivity index (χ3n) is 5.63. The molecule has 0 saturated heterocycles. The van der Waals surface area contributed by atoms with E-state index >= 15 is 0 Å². The van der Waals surface area contributed by atoms with Gasteiger partial charge in [0.05, 0.1) is 17.2 Å². The number of ketones is 1. The third-order valence-corrected chi connectivity index (χ3v) is 5.63. The standard InChI is InChI=1S/C26H19F4NO3/c27-19-12-10-17(11-13-19)23-22(21(32)14-9-16-5-2-1-3-6-16)24(33)25(34)31(23)20-8-4-7-18(15-20)26(28,29)30/h1-8,10-13,15,23,33H,9,14H2. The Kier molecular flexibility index (Phi) is 6.24. The number of rotatable bonds is 6.